The summed E-state index contributed by atoms with van der Waals surface area (Å²) in [5, 5.41) is 10.0. The molecule has 0 bridgehead atoms. The first-order chi connectivity index (χ1) is 8.09. The van der Waals surface area contributed by atoms with Crippen molar-refractivity contribution in [2.45, 2.75) is 37.8 Å². The van der Waals surface area contributed by atoms with Gasteiger partial charge in [-0.15, -0.1) is 0 Å². The molecule has 0 aromatic heterocycles. The van der Waals surface area contributed by atoms with Crippen molar-refractivity contribution >= 4 is 17.1 Å². The summed E-state index contributed by atoms with van der Waals surface area (Å²) in [6.07, 6.45) is 3.97. The second-order valence-electron chi connectivity index (χ2n) is 4.84. The fourth-order valence-electron chi connectivity index (χ4n) is 2.52. The third kappa shape index (κ3) is 2.47. The summed E-state index contributed by atoms with van der Waals surface area (Å²) >= 11 is 0. The van der Waals surface area contributed by atoms with Gasteiger partial charge >= 0.3 is 0 Å². The third-order valence-corrected chi connectivity index (χ3v) is 3.67. The van der Waals surface area contributed by atoms with E-state index in [4.69, 9.17) is 11.5 Å². The maximum absolute atomic E-state index is 10.0. The molecule has 17 heavy (non-hydrogen) atoms. The van der Waals surface area contributed by atoms with Crippen LogP contribution in [-0.2, 0) is 0 Å². The molecule has 94 valence electrons. The van der Waals surface area contributed by atoms with Gasteiger partial charge in [-0.1, -0.05) is 12.8 Å². The summed E-state index contributed by atoms with van der Waals surface area (Å²) in [5.74, 6) is 0. The van der Waals surface area contributed by atoms with E-state index in [1.54, 1.807) is 0 Å². The quantitative estimate of drug-likeness (QED) is 0.680. The monoisotopic (exact) mass is 235 g/mol. The molecule has 0 radical (unpaired) electrons. The van der Waals surface area contributed by atoms with Gasteiger partial charge in [0, 0.05) is 12.7 Å². The van der Waals surface area contributed by atoms with Crippen LogP contribution >= 0.6 is 0 Å². The fraction of sp³-hybridized carbons (Fsp3) is 0.538. The molecule has 0 amide bonds. The second-order valence-corrected chi connectivity index (χ2v) is 4.84. The van der Waals surface area contributed by atoms with Crippen molar-refractivity contribution in [1.29, 1.82) is 0 Å². The number of hydrogen-bond acceptors (Lipinski definition) is 4. The maximum atomic E-state index is 10.0. The Hall–Kier alpha value is -1.42. The van der Waals surface area contributed by atoms with Gasteiger partial charge in [0.25, 0.3) is 0 Å². The predicted molar refractivity (Wildman–Crippen MR) is 71.9 cm³/mol. The smallest absolute Gasteiger partial charge is 0.0743 e. The maximum Gasteiger partial charge on any atom is 0.0743 e. The van der Waals surface area contributed by atoms with Gasteiger partial charge in [-0.3, -0.25) is 0 Å². The van der Waals surface area contributed by atoms with E-state index in [2.05, 4.69) is 4.90 Å². The number of nitrogens with two attached hydrogens (primary N) is 2. The Balaban J connectivity index is 2.17. The van der Waals surface area contributed by atoms with Crippen LogP contribution in [0.25, 0.3) is 0 Å². The van der Waals surface area contributed by atoms with Crippen molar-refractivity contribution in [1.82, 2.24) is 0 Å². The molecule has 1 aromatic rings. The molecule has 4 nitrogen and oxygen atoms in total. The Labute approximate surface area is 102 Å². The number of aliphatic hydroxyl groups is 1. The number of aliphatic hydroxyl groups excluding tert-OH is 1. The Bertz CT molecular complexity index is 394. The minimum atomic E-state index is -0.243. The summed E-state index contributed by atoms with van der Waals surface area (Å²) in [7, 11) is 2.00. The SMILES string of the molecule is CN(c1ccc(N)c(N)c1)C1CCCCC1O. The summed E-state index contributed by atoms with van der Waals surface area (Å²) in [4.78, 5) is 2.11. The highest BCUT2D eigenvalue weighted by Crippen LogP contribution is 2.29. The van der Waals surface area contributed by atoms with Crippen LogP contribution in [0.1, 0.15) is 25.7 Å². The highest BCUT2D eigenvalue weighted by molar-refractivity contribution is 5.69. The van der Waals surface area contributed by atoms with Crippen LogP contribution in [0.2, 0.25) is 0 Å². The van der Waals surface area contributed by atoms with E-state index in [-0.39, 0.29) is 12.1 Å². The molecule has 1 saturated carbocycles. The molecule has 0 spiro atoms. The average molecular weight is 235 g/mol. The Morgan fingerprint density at radius 2 is 1.88 bits per heavy atom. The average Bonchev–Trinajstić information content (AvgIpc) is 2.32. The van der Waals surface area contributed by atoms with Gasteiger partial charge in [0.1, 0.15) is 0 Å². The van der Waals surface area contributed by atoms with Crippen molar-refractivity contribution in [2.75, 3.05) is 23.4 Å². The second kappa shape index (κ2) is 4.84. The Morgan fingerprint density at radius 1 is 1.18 bits per heavy atom. The van der Waals surface area contributed by atoms with E-state index in [1.165, 1.54) is 6.42 Å². The van der Waals surface area contributed by atoms with E-state index in [9.17, 15) is 5.11 Å². The fourth-order valence-corrected chi connectivity index (χ4v) is 2.52. The van der Waals surface area contributed by atoms with Crippen LogP contribution in [0.5, 0.6) is 0 Å². The zero-order valence-corrected chi connectivity index (χ0v) is 10.3. The summed E-state index contributed by atoms with van der Waals surface area (Å²) in [6, 6.07) is 5.83. The van der Waals surface area contributed by atoms with Crippen molar-refractivity contribution < 1.29 is 5.11 Å². The molecule has 2 atom stereocenters. The standard InChI is InChI=1S/C13H21N3O/c1-16(12-4-2-3-5-13(12)17)9-6-7-10(14)11(15)8-9/h6-8,12-13,17H,2-5,14-15H2,1H3. The lowest BCUT2D eigenvalue weighted by molar-refractivity contribution is 0.106. The molecule has 1 aromatic carbocycles. The molecule has 5 N–H and O–H groups in total. The molecule has 4 heteroatoms. The molecule has 1 aliphatic rings. The van der Waals surface area contributed by atoms with Crippen molar-refractivity contribution in [3.05, 3.63) is 18.2 Å². The summed E-state index contributed by atoms with van der Waals surface area (Å²) < 4.78 is 0. The summed E-state index contributed by atoms with van der Waals surface area (Å²) in [5.41, 5.74) is 13.7. The van der Waals surface area contributed by atoms with E-state index in [0.29, 0.717) is 11.4 Å². The molecule has 0 saturated heterocycles. The highest BCUT2D eigenvalue weighted by Gasteiger charge is 2.26. The predicted octanol–water partition coefficient (Wildman–Crippen LogP) is 1.59. The zero-order chi connectivity index (χ0) is 12.4. The molecular formula is C13H21N3O. The highest BCUT2D eigenvalue weighted by atomic mass is 16.3. The van der Waals surface area contributed by atoms with Gasteiger partial charge < -0.3 is 21.5 Å². The first kappa shape index (κ1) is 12.0. The van der Waals surface area contributed by atoms with E-state index in [1.807, 2.05) is 25.2 Å². The number of likely N-dealkylation sites (N-methyl/N-ethyl adjacent to an activating group) is 1. The van der Waals surface area contributed by atoms with Crippen LogP contribution in [0.15, 0.2) is 18.2 Å². The number of hydrogen-bond donors (Lipinski definition) is 3. The lowest BCUT2D eigenvalue weighted by Crippen LogP contribution is -2.43. The topological polar surface area (TPSA) is 75.5 Å². The number of rotatable bonds is 2. The zero-order valence-electron chi connectivity index (χ0n) is 10.3. The first-order valence-corrected chi connectivity index (χ1v) is 6.15. The minimum Gasteiger partial charge on any atom is -0.397 e. The Kier molecular flexibility index (Phi) is 3.43. The third-order valence-electron chi connectivity index (χ3n) is 3.67. The van der Waals surface area contributed by atoms with Gasteiger partial charge in [0.15, 0.2) is 0 Å². The van der Waals surface area contributed by atoms with Crippen molar-refractivity contribution in [3.8, 4) is 0 Å². The summed E-state index contributed by atoms with van der Waals surface area (Å²) in [6.45, 7) is 0. The normalized spacial score (nSPS) is 24.6. The number of anilines is 3. The first-order valence-electron chi connectivity index (χ1n) is 6.15. The molecule has 0 heterocycles. The molecule has 1 fully saturated rings. The van der Waals surface area contributed by atoms with Gasteiger partial charge in [-0.2, -0.15) is 0 Å². The van der Waals surface area contributed by atoms with Crippen LogP contribution in [-0.4, -0.2) is 24.3 Å². The molecular weight excluding hydrogens is 214 g/mol. The van der Waals surface area contributed by atoms with Crippen LogP contribution in [0.4, 0.5) is 17.1 Å². The van der Waals surface area contributed by atoms with Crippen LogP contribution in [0, 0.1) is 0 Å². The molecule has 1 aliphatic carbocycles. The van der Waals surface area contributed by atoms with Crippen LogP contribution < -0.4 is 16.4 Å². The lowest BCUT2D eigenvalue weighted by Gasteiger charge is -2.36. The number of nitrogen functional groups attached to an aromatic ring is 2. The van der Waals surface area contributed by atoms with Gasteiger partial charge in [0.05, 0.1) is 23.5 Å². The van der Waals surface area contributed by atoms with Crippen molar-refractivity contribution in [3.63, 3.8) is 0 Å². The lowest BCUT2D eigenvalue weighted by atomic mass is 9.91. The van der Waals surface area contributed by atoms with E-state index < -0.39 is 0 Å². The van der Waals surface area contributed by atoms with E-state index in [0.717, 1.165) is 24.9 Å². The minimum absolute atomic E-state index is 0.187. The van der Waals surface area contributed by atoms with Gasteiger partial charge in [0.2, 0.25) is 0 Å². The van der Waals surface area contributed by atoms with Gasteiger partial charge in [-0.25, -0.2) is 0 Å². The Morgan fingerprint density at radius 3 is 2.53 bits per heavy atom. The molecule has 2 rings (SSSR count). The largest absolute Gasteiger partial charge is 0.397 e. The molecule has 0 aliphatic heterocycles. The van der Waals surface area contributed by atoms with E-state index >= 15 is 0 Å². The van der Waals surface area contributed by atoms with Crippen molar-refractivity contribution in [2.24, 2.45) is 0 Å². The van der Waals surface area contributed by atoms with Crippen LogP contribution in [0.3, 0.4) is 0 Å². The number of benzene rings is 1. The molecule has 2 unspecified atom stereocenters. The number of nitrogens with zero attached hydrogens (tertiary/aromatic N) is 1. The van der Waals surface area contributed by atoms with Gasteiger partial charge in [-0.05, 0) is 31.0 Å².